The van der Waals surface area contributed by atoms with Crippen LogP contribution < -0.4 is 0 Å². The Hall–Kier alpha value is -4.45. The zero-order chi connectivity index (χ0) is 25.1. The lowest BCUT2D eigenvalue weighted by Crippen LogP contribution is -2.00. The molecule has 0 spiro atoms. The summed E-state index contributed by atoms with van der Waals surface area (Å²) in [5.74, 6) is 2.05. The van der Waals surface area contributed by atoms with Gasteiger partial charge in [0.2, 0.25) is 0 Å². The smallest absolute Gasteiger partial charge is 0.164 e. The van der Waals surface area contributed by atoms with E-state index in [2.05, 4.69) is 97.1 Å². The highest BCUT2D eigenvalue weighted by Gasteiger charge is 2.17. The fraction of sp³-hybridized carbons (Fsp3) is 0. The number of rotatable bonds is 3. The zero-order valence-corrected chi connectivity index (χ0v) is 21.8. The van der Waals surface area contributed by atoms with Gasteiger partial charge in [-0.05, 0) is 36.4 Å². The number of thiophene rings is 2. The molecule has 0 bridgehead atoms. The van der Waals surface area contributed by atoms with Crippen molar-refractivity contribution in [2.75, 3.05) is 0 Å². The SMILES string of the molecule is c1ccc(-c2nc(-c3ccc4sc5ccccc5c4c3)nc(-c3cccc4sc5ccccc5c34)n2)cc1. The second kappa shape index (κ2) is 8.55. The molecule has 8 rings (SSSR count). The molecule has 38 heavy (non-hydrogen) atoms. The van der Waals surface area contributed by atoms with E-state index in [9.17, 15) is 0 Å². The number of hydrogen-bond acceptors (Lipinski definition) is 5. The molecular formula is C33H19N3S2. The first kappa shape index (κ1) is 21.6. The minimum atomic E-state index is 0.678. The molecule has 0 atom stereocenters. The molecule has 0 aliphatic carbocycles. The van der Waals surface area contributed by atoms with Crippen molar-refractivity contribution in [2.24, 2.45) is 0 Å². The maximum Gasteiger partial charge on any atom is 0.164 e. The molecule has 0 aliphatic rings. The summed E-state index contributed by atoms with van der Waals surface area (Å²) >= 11 is 3.62. The van der Waals surface area contributed by atoms with E-state index in [0.29, 0.717) is 17.5 Å². The Labute approximate surface area is 226 Å². The van der Waals surface area contributed by atoms with E-state index in [1.54, 1.807) is 11.3 Å². The molecular weight excluding hydrogens is 503 g/mol. The lowest BCUT2D eigenvalue weighted by atomic mass is 10.1. The molecule has 5 aromatic carbocycles. The van der Waals surface area contributed by atoms with Gasteiger partial charge in [-0.3, -0.25) is 0 Å². The van der Waals surface area contributed by atoms with E-state index in [0.717, 1.165) is 16.7 Å². The predicted molar refractivity (Wildman–Crippen MR) is 162 cm³/mol. The van der Waals surface area contributed by atoms with Gasteiger partial charge in [-0.2, -0.15) is 0 Å². The fourth-order valence-electron chi connectivity index (χ4n) is 5.17. The quantitative estimate of drug-likeness (QED) is 0.232. The highest BCUT2D eigenvalue weighted by Crippen LogP contribution is 2.40. The number of aromatic nitrogens is 3. The van der Waals surface area contributed by atoms with Crippen molar-refractivity contribution in [1.29, 1.82) is 0 Å². The largest absolute Gasteiger partial charge is 0.208 e. The fourth-order valence-corrected chi connectivity index (χ4v) is 7.39. The molecule has 0 unspecified atom stereocenters. The Morgan fingerprint density at radius 2 is 1.00 bits per heavy atom. The molecule has 3 heterocycles. The Bertz CT molecular complexity index is 2140. The highest BCUT2D eigenvalue weighted by molar-refractivity contribution is 7.26. The van der Waals surface area contributed by atoms with Gasteiger partial charge in [0.05, 0.1) is 0 Å². The van der Waals surface area contributed by atoms with Crippen LogP contribution in [0.3, 0.4) is 0 Å². The van der Waals surface area contributed by atoms with Gasteiger partial charge in [-0.15, -0.1) is 22.7 Å². The molecule has 3 nitrogen and oxygen atoms in total. The van der Waals surface area contributed by atoms with Crippen molar-refractivity contribution >= 4 is 63.0 Å². The molecule has 0 saturated heterocycles. The van der Waals surface area contributed by atoms with Crippen LogP contribution in [0, 0.1) is 0 Å². The maximum absolute atomic E-state index is 5.09. The van der Waals surface area contributed by atoms with Crippen LogP contribution in [-0.4, -0.2) is 15.0 Å². The minimum Gasteiger partial charge on any atom is -0.208 e. The normalized spacial score (nSPS) is 11.7. The van der Waals surface area contributed by atoms with Crippen molar-refractivity contribution in [1.82, 2.24) is 15.0 Å². The predicted octanol–water partition coefficient (Wildman–Crippen LogP) is 9.61. The van der Waals surface area contributed by atoms with E-state index >= 15 is 0 Å². The lowest BCUT2D eigenvalue weighted by molar-refractivity contribution is 1.08. The Morgan fingerprint density at radius 3 is 1.84 bits per heavy atom. The van der Waals surface area contributed by atoms with Gasteiger partial charge < -0.3 is 0 Å². The third-order valence-electron chi connectivity index (χ3n) is 6.95. The number of hydrogen-bond donors (Lipinski definition) is 0. The van der Waals surface area contributed by atoms with Crippen LogP contribution in [0.15, 0.2) is 115 Å². The molecule has 0 N–H and O–H groups in total. The van der Waals surface area contributed by atoms with Gasteiger partial charge in [0.15, 0.2) is 17.5 Å². The number of nitrogens with zero attached hydrogens (tertiary/aromatic N) is 3. The van der Waals surface area contributed by atoms with Crippen LogP contribution >= 0.6 is 22.7 Å². The van der Waals surface area contributed by atoms with E-state index < -0.39 is 0 Å². The summed E-state index contributed by atoms with van der Waals surface area (Å²) in [6.07, 6.45) is 0. The highest BCUT2D eigenvalue weighted by atomic mass is 32.1. The third kappa shape index (κ3) is 3.44. The lowest BCUT2D eigenvalue weighted by Gasteiger charge is -2.10. The second-order valence-corrected chi connectivity index (χ2v) is 11.4. The summed E-state index contributed by atoms with van der Waals surface area (Å²) in [7, 11) is 0. The first-order valence-corrected chi connectivity index (χ1v) is 14.1. The summed E-state index contributed by atoms with van der Waals surface area (Å²) in [5, 5.41) is 4.93. The second-order valence-electron chi connectivity index (χ2n) is 9.26. The summed E-state index contributed by atoms with van der Waals surface area (Å²) in [5.41, 5.74) is 2.99. The first-order chi connectivity index (χ1) is 18.8. The Balaban J connectivity index is 1.40. The number of fused-ring (bicyclic) bond motifs is 6. The minimum absolute atomic E-state index is 0.678. The average Bonchev–Trinajstić information content (AvgIpc) is 3.55. The maximum atomic E-state index is 5.09. The summed E-state index contributed by atoms with van der Waals surface area (Å²) in [6, 6.07) is 40.2. The van der Waals surface area contributed by atoms with Crippen LogP contribution in [0.5, 0.6) is 0 Å². The van der Waals surface area contributed by atoms with E-state index in [-0.39, 0.29) is 0 Å². The van der Waals surface area contributed by atoms with Gasteiger partial charge >= 0.3 is 0 Å². The van der Waals surface area contributed by atoms with Crippen LogP contribution in [0.2, 0.25) is 0 Å². The molecule has 8 aromatic rings. The Kier molecular flexibility index (Phi) is 4.87. The van der Waals surface area contributed by atoms with Gasteiger partial charge in [0, 0.05) is 57.0 Å². The number of benzene rings is 5. The molecule has 0 aliphatic heterocycles. The van der Waals surface area contributed by atoms with Crippen LogP contribution in [-0.2, 0) is 0 Å². The monoisotopic (exact) mass is 521 g/mol. The zero-order valence-electron chi connectivity index (χ0n) is 20.1. The van der Waals surface area contributed by atoms with E-state index in [1.165, 1.54) is 40.3 Å². The molecule has 178 valence electrons. The molecule has 5 heteroatoms. The standard InChI is InChI=1S/C33H19N3S2/c1-2-9-20(10-3-1)31-34-32(21-17-18-28-25(19-21)22-11-4-6-14-26(22)37-28)36-33(35-31)24-13-8-16-29-30(24)23-12-5-7-15-27(23)38-29/h1-19H. The van der Waals surface area contributed by atoms with Gasteiger partial charge in [0.25, 0.3) is 0 Å². The summed E-state index contributed by atoms with van der Waals surface area (Å²) in [4.78, 5) is 15.1. The van der Waals surface area contributed by atoms with E-state index in [1.807, 2.05) is 29.5 Å². The molecule has 0 amide bonds. The van der Waals surface area contributed by atoms with Crippen molar-refractivity contribution in [3.8, 4) is 34.2 Å². The van der Waals surface area contributed by atoms with E-state index in [4.69, 9.17) is 15.0 Å². The van der Waals surface area contributed by atoms with Crippen molar-refractivity contribution in [3.05, 3.63) is 115 Å². The van der Waals surface area contributed by atoms with Gasteiger partial charge in [-0.25, -0.2) is 15.0 Å². The topological polar surface area (TPSA) is 38.7 Å². The van der Waals surface area contributed by atoms with Gasteiger partial charge in [-0.1, -0.05) is 78.9 Å². The van der Waals surface area contributed by atoms with Crippen molar-refractivity contribution < 1.29 is 0 Å². The Morgan fingerprint density at radius 1 is 0.395 bits per heavy atom. The summed E-state index contributed by atoms with van der Waals surface area (Å²) in [6.45, 7) is 0. The van der Waals surface area contributed by atoms with Gasteiger partial charge in [0.1, 0.15) is 0 Å². The third-order valence-corrected chi connectivity index (χ3v) is 9.23. The van der Waals surface area contributed by atoms with Crippen LogP contribution in [0.4, 0.5) is 0 Å². The average molecular weight is 522 g/mol. The van der Waals surface area contributed by atoms with Crippen LogP contribution in [0.1, 0.15) is 0 Å². The van der Waals surface area contributed by atoms with Crippen molar-refractivity contribution in [2.45, 2.75) is 0 Å². The summed E-state index contributed by atoms with van der Waals surface area (Å²) < 4.78 is 5.05. The molecule has 0 saturated carbocycles. The molecule has 0 radical (unpaired) electrons. The molecule has 3 aromatic heterocycles. The molecule has 0 fully saturated rings. The van der Waals surface area contributed by atoms with Crippen LogP contribution in [0.25, 0.3) is 74.5 Å². The van der Waals surface area contributed by atoms with Crippen molar-refractivity contribution in [3.63, 3.8) is 0 Å². The first-order valence-electron chi connectivity index (χ1n) is 12.5.